The molecular formula is C14H20N4OS. The van der Waals surface area contributed by atoms with E-state index in [1.54, 1.807) is 30.4 Å². The van der Waals surface area contributed by atoms with Gasteiger partial charge in [0, 0.05) is 23.7 Å². The highest BCUT2D eigenvalue weighted by Crippen LogP contribution is 2.39. The average molecular weight is 292 g/mol. The molecule has 6 heteroatoms. The maximum Gasteiger partial charge on any atom is 0.237 e. The molecule has 2 atom stereocenters. The molecule has 1 heterocycles. The summed E-state index contributed by atoms with van der Waals surface area (Å²) in [5.74, 6) is -0.200. The van der Waals surface area contributed by atoms with E-state index in [-0.39, 0.29) is 5.91 Å². The third kappa shape index (κ3) is 3.12. The molecule has 2 unspecified atom stereocenters. The van der Waals surface area contributed by atoms with E-state index < -0.39 is 5.54 Å². The Balaban J connectivity index is 1.69. The number of nitrogens with two attached hydrogens (primary N) is 1. The van der Waals surface area contributed by atoms with Gasteiger partial charge in [-0.1, -0.05) is 0 Å². The van der Waals surface area contributed by atoms with Crippen LogP contribution in [0, 0.1) is 0 Å². The van der Waals surface area contributed by atoms with Crippen LogP contribution in [-0.2, 0) is 4.79 Å². The van der Waals surface area contributed by atoms with Gasteiger partial charge in [-0.25, -0.2) is 4.98 Å². The fourth-order valence-electron chi connectivity index (χ4n) is 2.89. The predicted molar refractivity (Wildman–Crippen MR) is 78.2 cm³/mol. The third-order valence-electron chi connectivity index (χ3n) is 4.06. The molecule has 5 nitrogen and oxygen atoms in total. The molecular weight excluding hydrogens is 272 g/mol. The summed E-state index contributed by atoms with van der Waals surface area (Å²) in [6.45, 7) is 0. The van der Waals surface area contributed by atoms with E-state index in [0.717, 1.165) is 43.6 Å². The summed E-state index contributed by atoms with van der Waals surface area (Å²) >= 11 is 1.71. The summed E-state index contributed by atoms with van der Waals surface area (Å²) in [7, 11) is 0. The van der Waals surface area contributed by atoms with E-state index in [0.29, 0.717) is 11.3 Å². The molecule has 3 rings (SSSR count). The van der Waals surface area contributed by atoms with Crippen molar-refractivity contribution in [1.29, 1.82) is 0 Å². The van der Waals surface area contributed by atoms with Gasteiger partial charge in [0.05, 0.1) is 11.7 Å². The fraction of sp³-hybridized carbons (Fsp3) is 0.643. The van der Waals surface area contributed by atoms with E-state index in [1.165, 1.54) is 0 Å². The molecule has 0 aliphatic heterocycles. The molecule has 2 fully saturated rings. The highest BCUT2D eigenvalue weighted by atomic mass is 32.2. The Hall–Kier alpha value is -1.14. The quantitative estimate of drug-likeness (QED) is 0.859. The summed E-state index contributed by atoms with van der Waals surface area (Å²) in [6.07, 6.45) is 11.3. The van der Waals surface area contributed by atoms with Crippen molar-refractivity contribution in [3.8, 4) is 0 Å². The van der Waals surface area contributed by atoms with Gasteiger partial charge in [0.2, 0.25) is 5.91 Å². The normalized spacial score (nSPS) is 30.1. The number of primary amides is 1. The minimum Gasteiger partial charge on any atom is -0.368 e. The third-order valence-corrected chi connectivity index (χ3v) is 5.25. The lowest BCUT2D eigenvalue weighted by molar-refractivity contribution is -0.125. The zero-order chi connectivity index (χ0) is 14.0. The first-order valence-electron chi connectivity index (χ1n) is 7.18. The number of carbonyl (C=O) groups excluding carboxylic acids is 1. The first-order chi connectivity index (χ1) is 9.68. The first-order valence-corrected chi connectivity index (χ1v) is 8.06. The van der Waals surface area contributed by atoms with Crippen LogP contribution in [0.4, 0.5) is 0 Å². The second-order valence-electron chi connectivity index (χ2n) is 5.74. The number of aromatic nitrogens is 2. The fourth-order valence-corrected chi connectivity index (χ4v) is 4.12. The molecule has 3 N–H and O–H groups in total. The van der Waals surface area contributed by atoms with Gasteiger partial charge in [-0.05, 0) is 38.5 Å². The molecule has 0 aromatic carbocycles. The molecule has 1 aromatic rings. The first kappa shape index (κ1) is 13.8. The summed E-state index contributed by atoms with van der Waals surface area (Å²) in [5.41, 5.74) is 5.18. The Morgan fingerprint density at radius 1 is 1.40 bits per heavy atom. The van der Waals surface area contributed by atoms with E-state index in [4.69, 9.17) is 5.73 Å². The van der Waals surface area contributed by atoms with Crippen molar-refractivity contribution >= 4 is 17.7 Å². The molecule has 1 amide bonds. The van der Waals surface area contributed by atoms with Crippen LogP contribution in [0.3, 0.4) is 0 Å². The molecule has 1 aromatic heterocycles. The highest BCUT2D eigenvalue weighted by molar-refractivity contribution is 7.99. The van der Waals surface area contributed by atoms with Gasteiger partial charge in [0.15, 0.2) is 0 Å². The molecule has 2 aliphatic rings. The highest BCUT2D eigenvalue weighted by Gasteiger charge is 2.44. The van der Waals surface area contributed by atoms with Crippen LogP contribution in [0.1, 0.15) is 38.5 Å². The zero-order valence-corrected chi connectivity index (χ0v) is 12.2. The van der Waals surface area contributed by atoms with Gasteiger partial charge in [-0.2, -0.15) is 0 Å². The topological polar surface area (TPSA) is 80.9 Å². The average Bonchev–Trinajstić information content (AvgIpc) is 3.24. The Kier molecular flexibility index (Phi) is 3.94. The second kappa shape index (κ2) is 5.69. The van der Waals surface area contributed by atoms with Gasteiger partial charge >= 0.3 is 0 Å². The SMILES string of the molecule is NC(=O)C1(NC2CC2)CCCC(Sc2cnccn2)C1. The number of thioether (sulfide) groups is 1. The predicted octanol–water partition coefficient (Wildman–Crippen LogP) is 1.49. The van der Waals surface area contributed by atoms with Crippen molar-refractivity contribution in [3.05, 3.63) is 18.6 Å². The lowest BCUT2D eigenvalue weighted by atomic mass is 9.80. The van der Waals surface area contributed by atoms with Gasteiger partial charge in [0.25, 0.3) is 0 Å². The Bertz CT molecular complexity index is 479. The number of nitrogens with zero attached hydrogens (tertiary/aromatic N) is 2. The van der Waals surface area contributed by atoms with Crippen LogP contribution >= 0.6 is 11.8 Å². The van der Waals surface area contributed by atoms with Crippen molar-refractivity contribution < 1.29 is 4.79 Å². The summed E-state index contributed by atoms with van der Waals surface area (Å²) in [4.78, 5) is 20.4. The molecule has 20 heavy (non-hydrogen) atoms. The number of nitrogens with one attached hydrogen (secondary N) is 1. The largest absolute Gasteiger partial charge is 0.368 e. The Morgan fingerprint density at radius 2 is 2.25 bits per heavy atom. The standard InChI is InChI=1S/C14H20N4OS/c15-13(19)14(18-10-3-4-10)5-1-2-11(8-14)20-12-9-16-6-7-17-12/h6-7,9-11,18H,1-5,8H2,(H2,15,19). The van der Waals surface area contributed by atoms with Crippen molar-refractivity contribution in [2.24, 2.45) is 5.73 Å². The molecule has 0 bridgehead atoms. The molecule has 0 saturated heterocycles. The van der Waals surface area contributed by atoms with Crippen LogP contribution in [0.2, 0.25) is 0 Å². The van der Waals surface area contributed by atoms with E-state index >= 15 is 0 Å². The lowest BCUT2D eigenvalue weighted by Gasteiger charge is -2.39. The van der Waals surface area contributed by atoms with Crippen LogP contribution in [0.25, 0.3) is 0 Å². The molecule has 0 radical (unpaired) electrons. The number of hydrogen-bond donors (Lipinski definition) is 2. The monoisotopic (exact) mass is 292 g/mol. The summed E-state index contributed by atoms with van der Waals surface area (Å²) in [5, 5.41) is 4.79. The van der Waals surface area contributed by atoms with Gasteiger partial charge in [-0.15, -0.1) is 11.8 Å². The van der Waals surface area contributed by atoms with Crippen molar-refractivity contribution in [3.63, 3.8) is 0 Å². The van der Waals surface area contributed by atoms with Crippen LogP contribution in [0.5, 0.6) is 0 Å². The molecule has 108 valence electrons. The number of rotatable bonds is 5. The van der Waals surface area contributed by atoms with Crippen molar-refractivity contribution in [1.82, 2.24) is 15.3 Å². The van der Waals surface area contributed by atoms with E-state index in [2.05, 4.69) is 15.3 Å². The second-order valence-corrected chi connectivity index (χ2v) is 7.07. The minimum absolute atomic E-state index is 0.200. The van der Waals surface area contributed by atoms with Crippen LogP contribution in [-0.4, -0.2) is 32.7 Å². The smallest absolute Gasteiger partial charge is 0.237 e. The van der Waals surface area contributed by atoms with E-state index in [1.807, 2.05) is 0 Å². The molecule has 2 aliphatic carbocycles. The summed E-state index contributed by atoms with van der Waals surface area (Å²) in [6, 6.07) is 0.489. The number of hydrogen-bond acceptors (Lipinski definition) is 5. The van der Waals surface area contributed by atoms with Gasteiger partial charge in [-0.3, -0.25) is 9.78 Å². The summed E-state index contributed by atoms with van der Waals surface area (Å²) < 4.78 is 0. The van der Waals surface area contributed by atoms with E-state index in [9.17, 15) is 4.79 Å². The maximum absolute atomic E-state index is 12.0. The minimum atomic E-state index is -0.515. The molecule has 0 spiro atoms. The maximum atomic E-state index is 12.0. The Labute approximate surface area is 123 Å². The van der Waals surface area contributed by atoms with Crippen LogP contribution < -0.4 is 11.1 Å². The number of amides is 1. The van der Waals surface area contributed by atoms with Crippen molar-refractivity contribution in [2.75, 3.05) is 0 Å². The van der Waals surface area contributed by atoms with Crippen LogP contribution in [0.15, 0.2) is 23.6 Å². The van der Waals surface area contributed by atoms with Gasteiger partial charge in [0.1, 0.15) is 5.03 Å². The van der Waals surface area contributed by atoms with Gasteiger partial charge < -0.3 is 11.1 Å². The number of carbonyl (C=O) groups is 1. The molecule has 2 saturated carbocycles. The Morgan fingerprint density at radius 3 is 2.90 bits per heavy atom. The lowest BCUT2D eigenvalue weighted by Crippen LogP contribution is -2.59. The zero-order valence-electron chi connectivity index (χ0n) is 11.4. The van der Waals surface area contributed by atoms with Crippen molar-refractivity contribution in [2.45, 2.75) is 60.4 Å².